The molecule has 1 aromatic heterocycles. The first kappa shape index (κ1) is 16.6. The van der Waals surface area contributed by atoms with Crippen molar-refractivity contribution in [2.45, 2.75) is 25.6 Å². The minimum Gasteiger partial charge on any atom is -0.326 e. The number of fused-ring (bicyclic) bond motifs is 1. The van der Waals surface area contributed by atoms with Gasteiger partial charge < -0.3 is 5.32 Å². The fourth-order valence-electron chi connectivity index (χ4n) is 2.72. The van der Waals surface area contributed by atoms with E-state index in [9.17, 15) is 4.79 Å². The van der Waals surface area contributed by atoms with Gasteiger partial charge in [-0.05, 0) is 43.0 Å². The number of hydrogen-bond donors (Lipinski definition) is 1. The molecule has 0 saturated heterocycles. The second-order valence-corrected chi connectivity index (χ2v) is 6.73. The second-order valence-electron chi connectivity index (χ2n) is 5.86. The molecule has 0 bridgehead atoms. The van der Waals surface area contributed by atoms with Crippen molar-refractivity contribution in [1.82, 2.24) is 9.78 Å². The van der Waals surface area contributed by atoms with Crippen LogP contribution in [-0.4, -0.2) is 21.9 Å². The van der Waals surface area contributed by atoms with Gasteiger partial charge in [0.15, 0.2) is 0 Å². The highest BCUT2D eigenvalue weighted by Gasteiger charge is 2.07. The van der Waals surface area contributed by atoms with E-state index in [2.05, 4.69) is 47.9 Å². The number of rotatable bonds is 6. The molecule has 3 rings (SSSR count). The molecule has 2 aromatic carbocycles. The molecule has 4 nitrogen and oxygen atoms in total. The van der Waals surface area contributed by atoms with E-state index in [1.165, 1.54) is 11.1 Å². The highest BCUT2D eigenvalue weighted by Crippen LogP contribution is 2.17. The van der Waals surface area contributed by atoms with Gasteiger partial charge in [-0.3, -0.25) is 9.48 Å². The number of hydrogen-bond acceptors (Lipinski definition) is 3. The van der Waals surface area contributed by atoms with Crippen molar-refractivity contribution >= 4 is 34.3 Å². The molecule has 0 spiro atoms. The molecule has 0 saturated carbocycles. The van der Waals surface area contributed by atoms with Crippen LogP contribution in [0.3, 0.4) is 0 Å². The van der Waals surface area contributed by atoms with Crippen molar-refractivity contribution in [2.24, 2.45) is 0 Å². The normalized spacial score (nSPS) is 10.9. The number of benzene rings is 2. The number of aryl methyl sites for hydroxylation is 2. The fraction of sp³-hybridized carbons (Fsp3) is 0.263. The number of carbonyl (C=O) groups excluding carboxylic acids is 1. The molecule has 0 aliphatic heterocycles. The quantitative estimate of drug-likeness (QED) is 0.731. The lowest BCUT2D eigenvalue weighted by Crippen LogP contribution is -2.15. The lowest BCUT2D eigenvalue weighted by Gasteiger charge is -2.08. The van der Waals surface area contributed by atoms with E-state index in [4.69, 9.17) is 0 Å². The number of anilines is 1. The molecule has 0 atom stereocenters. The van der Waals surface area contributed by atoms with Crippen LogP contribution in [0, 0.1) is 6.92 Å². The number of nitrogens with one attached hydrogen (secondary N) is 1. The summed E-state index contributed by atoms with van der Waals surface area (Å²) in [5.41, 5.74) is 4.35. The van der Waals surface area contributed by atoms with Crippen LogP contribution in [0.5, 0.6) is 0 Å². The maximum absolute atomic E-state index is 12.2. The Balaban J connectivity index is 1.61. The Bertz CT molecular complexity index is 857. The molecule has 5 heteroatoms. The summed E-state index contributed by atoms with van der Waals surface area (Å²) in [6.45, 7) is 2.64. The highest BCUT2D eigenvalue weighted by atomic mass is 32.2. The topological polar surface area (TPSA) is 46.9 Å². The van der Waals surface area contributed by atoms with E-state index in [0.717, 1.165) is 22.3 Å². The number of carbonyl (C=O) groups is 1. The van der Waals surface area contributed by atoms with Gasteiger partial charge in [-0.15, -0.1) is 0 Å². The molecule has 3 aromatic rings. The third kappa shape index (κ3) is 3.97. The summed E-state index contributed by atoms with van der Waals surface area (Å²) in [5.74, 6) is 0.953. The molecule has 0 aliphatic carbocycles. The van der Waals surface area contributed by atoms with E-state index >= 15 is 0 Å². The van der Waals surface area contributed by atoms with E-state index in [0.29, 0.717) is 13.0 Å². The Hall–Kier alpha value is -2.27. The second kappa shape index (κ2) is 7.53. The van der Waals surface area contributed by atoms with Crippen LogP contribution in [0.4, 0.5) is 5.69 Å². The van der Waals surface area contributed by atoms with Crippen LogP contribution in [0.15, 0.2) is 48.7 Å². The van der Waals surface area contributed by atoms with Crippen LogP contribution < -0.4 is 5.32 Å². The first-order valence-electron chi connectivity index (χ1n) is 7.95. The van der Waals surface area contributed by atoms with E-state index in [1.54, 1.807) is 11.8 Å². The first-order chi connectivity index (χ1) is 11.7. The summed E-state index contributed by atoms with van der Waals surface area (Å²) in [7, 11) is 0. The van der Waals surface area contributed by atoms with E-state index in [1.807, 2.05) is 29.1 Å². The minimum absolute atomic E-state index is 0.00654. The zero-order valence-corrected chi connectivity index (χ0v) is 14.8. The van der Waals surface area contributed by atoms with Gasteiger partial charge in [0.05, 0.1) is 18.3 Å². The number of thioether (sulfide) groups is 1. The van der Waals surface area contributed by atoms with Crippen molar-refractivity contribution in [3.05, 3.63) is 59.8 Å². The zero-order chi connectivity index (χ0) is 16.9. The average Bonchev–Trinajstić information content (AvgIpc) is 2.95. The van der Waals surface area contributed by atoms with Gasteiger partial charge in [-0.2, -0.15) is 16.9 Å². The van der Waals surface area contributed by atoms with Crippen LogP contribution in [0.1, 0.15) is 17.5 Å². The van der Waals surface area contributed by atoms with Crippen LogP contribution >= 0.6 is 11.8 Å². The molecule has 24 heavy (non-hydrogen) atoms. The lowest BCUT2D eigenvalue weighted by atomic mass is 10.2. The molecule has 0 aliphatic rings. The third-order valence-corrected chi connectivity index (χ3v) is 4.49. The van der Waals surface area contributed by atoms with Crippen molar-refractivity contribution in [2.75, 3.05) is 11.6 Å². The lowest BCUT2D eigenvalue weighted by molar-refractivity contribution is -0.116. The molecular weight excluding hydrogens is 318 g/mol. The number of aromatic nitrogens is 2. The van der Waals surface area contributed by atoms with Crippen LogP contribution in [0.2, 0.25) is 0 Å². The third-order valence-electron chi connectivity index (χ3n) is 3.87. The summed E-state index contributed by atoms with van der Waals surface area (Å²) in [6.07, 6.45) is 4.32. The first-order valence-corrected chi connectivity index (χ1v) is 9.35. The molecular formula is C19H21N3OS. The fourth-order valence-corrected chi connectivity index (χ4v) is 3.23. The predicted molar refractivity (Wildman–Crippen MR) is 101 cm³/mol. The summed E-state index contributed by atoms with van der Waals surface area (Å²) in [4.78, 5) is 12.2. The van der Waals surface area contributed by atoms with Gasteiger partial charge in [0.25, 0.3) is 0 Å². The predicted octanol–water partition coefficient (Wildman–Crippen LogP) is 4.24. The van der Waals surface area contributed by atoms with Crippen LogP contribution in [-0.2, 0) is 17.1 Å². The van der Waals surface area contributed by atoms with E-state index in [-0.39, 0.29) is 5.91 Å². The smallest absolute Gasteiger partial charge is 0.226 e. The summed E-state index contributed by atoms with van der Waals surface area (Å²) in [6, 6.07) is 14.2. The van der Waals surface area contributed by atoms with Crippen molar-refractivity contribution in [3.8, 4) is 0 Å². The van der Waals surface area contributed by atoms with E-state index < -0.39 is 0 Å². The van der Waals surface area contributed by atoms with Crippen molar-refractivity contribution < 1.29 is 4.79 Å². The average molecular weight is 339 g/mol. The van der Waals surface area contributed by atoms with Gasteiger partial charge in [-0.25, -0.2) is 0 Å². The maximum Gasteiger partial charge on any atom is 0.226 e. The van der Waals surface area contributed by atoms with Crippen LogP contribution in [0.25, 0.3) is 10.9 Å². The molecule has 0 fully saturated rings. The maximum atomic E-state index is 12.2. The van der Waals surface area contributed by atoms with Crippen molar-refractivity contribution in [3.63, 3.8) is 0 Å². The highest BCUT2D eigenvalue weighted by molar-refractivity contribution is 7.97. The number of nitrogens with zero attached hydrogens (tertiary/aromatic N) is 2. The molecule has 1 N–H and O–H groups in total. The molecule has 0 unspecified atom stereocenters. The Kier molecular flexibility index (Phi) is 5.20. The molecule has 1 heterocycles. The number of amides is 1. The largest absolute Gasteiger partial charge is 0.326 e. The minimum atomic E-state index is 0.00654. The Morgan fingerprint density at radius 1 is 1.25 bits per heavy atom. The van der Waals surface area contributed by atoms with Gasteiger partial charge in [0, 0.05) is 23.2 Å². The monoisotopic (exact) mass is 339 g/mol. The Labute approximate surface area is 146 Å². The van der Waals surface area contributed by atoms with Gasteiger partial charge in [0.2, 0.25) is 5.91 Å². The standard InChI is InChI=1S/C19H21N3OS/c1-14-6-7-18-16(10-14)12-20-22(18)9-8-19(23)21-17-5-3-4-15(11-17)13-24-2/h3-7,10-12H,8-9,13H2,1-2H3,(H,21,23). The SMILES string of the molecule is CSCc1cccc(NC(=O)CCn2ncc3cc(C)ccc32)c1. The van der Waals surface area contributed by atoms with Crippen molar-refractivity contribution in [1.29, 1.82) is 0 Å². The molecule has 0 radical (unpaired) electrons. The zero-order valence-electron chi connectivity index (χ0n) is 14.0. The Morgan fingerprint density at radius 3 is 2.96 bits per heavy atom. The summed E-state index contributed by atoms with van der Waals surface area (Å²) >= 11 is 1.77. The molecule has 1 amide bonds. The Morgan fingerprint density at radius 2 is 2.12 bits per heavy atom. The molecule has 124 valence electrons. The van der Waals surface area contributed by atoms with Gasteiger partial charge >= 0.3 is 0 Å². The van der Waals surface area contributed by atoms with Gasteiger partial charge in [0.1, 0.15) is 0 Å². The summed E-state index contributed by atoms with van der Waals surface area (Å²) in [5, 5.41) is 8.47. The van der Waals surface area contributed by atoms with Gasteiger partial charge in [-0.1, -0.05) is 23.8 Å². The summed E-state index contributed by atoms with van der Waals surface area (Å²) < 4.78 is 1.89.